The van der Waals surface area contributed by atoms with Gasteiger partial charge in [0.2, 0.25) is 0 Å². The number of nitrogens with zero attached hydrogens (tertiary/aromatic N) is 1. The van der Waals surface area contributed by atoms with E-state index in [9.17, 15) is 5.11 Å². The lowest BCUT2D eigenvalue weighted by Crippen LogP contribution is -2.61. The number of ether oxygens (including phenoxy) is 1. The molecule has 1 aromatic rings. The molecule has 3 atom stereocenters. The average Bonchev–Trinajstić information content (AvgIpc) is 2.43. The lowest BCUT2D eigenvalue weighted by atomic mass is 9.82. The molecule has 0 amide bonds. The maximum absolute atomic E-state index is 11.1. The summed E-state index contributed by atoms with van der Waals surface area (Å²) in [4.78, 5) is 2.46. The SMILES string of the molecule is Cc1cc2c(cc1C)C(O)C(N1CCCCC1C)C(C)(C)O2. The van der Waals surface area contributed by atoms with E-state index in [0.29, 0.717) is 6.04 Å². The Balaban J connectivity index is 2.02. The molecule has 2 aliphatic heterocycles. The predicted molar refractivity (Wildman–Crippen MR) is 89.4 cm³/mol. The van der Waals surface area contributed by atoms with E-state index in [1.807, 2.05) is 0 Å². The van der Waals surface area contributed by atoms with Gasteiger partial charge in [-0.15, -0.1) is 0 Å². The summed E-state index contributed by atoms with van der Waals surface area (Å²) in [5.74, 6) is 0.849. The largest absolute Gasteiger partial charge is 0.486 e. The molecule has 3 heteroatoms. The molecular weight excluding hydrogens is 274 g/mol. The lowest BCUT2D eigenvalue weighted by Gasteiger charge is -2.51. The first-order valence-electron chi connectivity index (χ1n) is 8.55. The standard InChI is InChI=1S/C19H29NO2/c1-12-10-15-16(11-13(12)2)22-19(4,5)18(17(15)21)20-9-7-6-8-14(20)3/h10-11,14,17-18,21H,6-9H2,1-5H3. The minimum absolute atomic E-state index is 0.0115. The minimum atomic E-state index is -0.487. The van der Waals surface area contributed by atoms with E-state index in [1.54, 1.807) is 0 Å². The highest BCUT2D eigenvalue weighted by Gasteiger charge is 2.47. The van der Waals surface area contributed by atoms with Crippen LogP contribution in [-0.4, -0.2) is 34.2 Å². The van der Waals surface area contributed by atoms with Gasteiger partial charge in [-0.05, 0) is 77.3 Å². The zero-order valence-electron chi connectivity index (χ0n) is 14.5. The Kier molecular flexibility index (Phi) is 3.98. The number of hydrogen-bond acceptors (Lipinski definition) is 3. The van der Waals surface area contributed by atoms with Gasteiger partial charge in [-0.3, -0.25) is 4.90 Å². The highest BCUT2D eigenvalue weighted by atomic mass is 16.5. The molecule has 0 bridgehead atoms. The number of benzene rings is 1. The molecule has 2 heterocycles. The summed E-state index contributed by atoms with van der Waals surface area (Å²) in [6.07, 6.45) is 3.22. The van der Waals surface area contributed by atoms with E-state index in [1.165, 1.54) is 30.4 Å². The molecule has 1 aromatic carbocycles. The third kappa shape index (κ3) is 2.55. The van der Waals surface area contributed by atoms with Crippen molar-refractivity contribution in [3.05, 3.63) is 28.8 Å². The van der Waals surface area contributed by atoms with Gasteiger partial charge >= 0.3 is 0 Å². The Bertz CT molecular complexity index is 567. The van der Waals surface area contributed by atoms with Crippen LogP contribution in [0.3, 0.4) is 0 Å². The second-order valence-corrected chi connectivity index (χ2v) is 7.65. The van der Waals surface area contributed by atoms with Gasteiger partial charge in [-0.1, -0.05) is 6.42 Å². The molecule has 22 heavy (non-hydrogen) atoms. The Morgan fingerprint density at radius 3 is 2.55 bits per heavy atom. The maximum atomic E-state index is 11.1. The summed E-state index contributed by atoms with van der Waals surface area (Å²) in [6, 6.07) is 4.69. The number of piperidine rings is 1. The molecule has 0 aliphatic carbocycles. The van der Waals surface area contributed by atoms with Crippen molar-refractivity contribution in [2.75, 3.05) is 6.54 Å². The van der Waals surface area contributed by atoms with Gasteiger partial charge in [-0.25, -0.2) is 0 Å². The van der Waals surface area contributed by atoms with E-state index < -0.39 is 6.10 Å². The van der Waals surface area contributed by atoms with Crippen LogP contribution in [-0.2, 0) is 0 Å². The summed E-state index contributed by atoms with van der Waals surface area (Å²) in [6.45, 7) is 11.7. The molecule has 1 N–H and O–H groups in total. The molecular formula is C19H29NO2. The van der Waals surface area contributed by atoms with Crippen LogP contribution < -0.4 is 4.74 Å². The summed E-state index contributed by atoms with van der Waals surface area (Å²) < 4.78 is 6.34. The van der Waals surface area contributed by atoms with Crippen molar-refractivity contribution < 1.29 is 9.84 Å². The van der Waals surface area contributed by atoms with Gasteiger partial charge in [-0.2, -0.15) is 0 Å². The second-order valence-electron chi connectivity index (χ2n) is 7.65. The van der Waals surface area contributed by atoms with Crippen LogP contribution in [0, 0.1) is 13.8 Å². The van der Waals surface area contributed by atoms with E-state index in [0.717, 1.165) is 17.9 Å². The summed E-state index contributed by atoms with van der Waals surface area (Å²) >= 11 is 0. The zero-order valence-corrected chi connectivity index (χ0v) is 14.5. The fourth-order valence-corrected chi connectivity index (χ4v) is 4.14. The van der Waals surface area contributed by atoms with Gasteiger partial charge in [0, 0.05) is 11.6 Å². The van der Waals surface area contributed by atoms with Gasteiger partial charge in [0.15, 0.2) is 0 Å². The quantitative estimate of drug-likeness (QED) is 0.857. The Labute approximate surface area is 134 Å². The third-order valence-electron chi connectivity index (χ3n) is 5.54. The van der Waals surface area contributed by atoms with Crippen LogP contribution in [0.15, 0.2) is 12.1 Å². The number of aryl methyl sites for hydroxylation is 2. The van der Waals surface area contributed by atoms with Crippen LogP contribution in [0.1, 0.15) is 62.8 Å². The number of aliphatic hydroxyl groups is 1. The van der Waals surface area contributed by atoms with Crippen molar-refractivity contribution in [1.29, 1.82) is 0 Å². The number of rotatable bonds is 1. The predicted octanol–water partition coefficient (Wildman–Crippen LogP) is 3.75. The molecule has 1 fully saturated rings. The fourth-order valence-electron chi connectivity index (χ4n) is 4.14. The van der Waals surface area contributed by atoms with Crippen LogP contribution in [0.2, 0.25) is 0 Å². The molecule has 1 saturated heterocycles. The van der Waals surface area contributed by atoms with Crippen LogP contribution in [0.4, 0.5) is 0 Å². The van der Waals surface area contributed by atoms with E-state index in [-0.39, 0.29) is 11.6 Å². The fraction of sp³-hybridized carbons (Fsp3) is 0.684. The first kappa shape index (κ1) is 15.8. The van der Waals surface area contributed by atoms with E-state index >= 15 is 0 Å². The van der Waals surface area contributed by atoms with Crippen molar-refractivity contribution in [2.24, 2.45) is 0 Å². The normalized spacial score (nSPS) is 31.5. The molecule has 122 valence electrons. The summed E-state index contributed by atoms with van der Waals surface area (Å²) in [5.41, 5.74) is 2.99. The number of hydrogen-bond donors (Lipinski definition) is 1. The molecule has 3 unspecified atom stereocenters. The average molecular weight is 303 g/mol. The van der Waals surface area contributed by atoms with Gasteiger partial charge in [0.05, 0.1) is 6.04 Å². The molecule has 0 aromatic heterocycles. The van der Waals surface area contributed by atoms with Gasteiger partial charge < -0.3 is 9.84 Å². The highest BCUT2D eigenvalue weighted by molar-refractivity contribution is 5.46. The monoisotopic (exact) mass is 303 g/mol. The topological polar surface area (TPSA) is 32.7 Å². The van der Waals surface area contributed by atoms with Crippen LogP contribution in [0.25, 0.3) is 0 Å². The molecule has 3 nitrogen and oxygen atoms in total. The number of fused-ring (bicyclic) bond motifs is 1. The van der Waals surface area contributed by atoms with Gasteiger partial charge in [0.1, 0.15) is 17.5 Å². The molecule has 3 rings (SSSR count). The van der Waals surface area contributed by atoms with Gasteiger partial charge in [0.25, 0.3) is 0 Å². The minimum Gasteiger partial charge on any atom is -0.486 e. The number of aliphatic hydroxyl groups excluding tert-OH is 1. The summed E-state index contributed by atoms with van der Waals surface area (Å²) in [5, 5.41) is 11.1. The third-order valence-corrected chi connectivity index (χ3v) is 5.54. The first-order chi connectivity index (χ1) is 10.3. The maximum Gasteiger partial charge on any atom is 0.126 e. The Hall–Kier alpha value is -1.06. The number of likely N-dealkylation sites (tertiary alicyclic amines) is 1. The van der Waals surface area contributed by atoms with Crippen molar-refractivity contribution in [3.63, 3.8) is 0 Å². The van der Waals surface area contributed by atoms with E-state index in [2.05, 4.69) is 51.7 Å². The molecule has 0 radical (unpaired) electrons. The lowest BCUT2D eigenvalue weighted by molar-refractivity contribution is -0.101. The highest BCUT2D eigenvalue weighted by Crippen LogP contribution is 2.44. The first-order valence-corrected chi connectivity index (χ1v) is 8.55. The molecule has 0 saturated carbocycles. The summed E-state index contributed by atoms with van der Waals surface area (Å²) in [7, 11) is 0. The Morgan fingerprint density at radius 2 is 1.86 bits per heavy atom. The Morgan fingerprint density at radius 1 is 1.18 bits per heavy atom. The van der Waals surface area contributed by atoms with Crippen molar-refractivity contribution >= 4 is 0 Å². The molecule has 2 aliphatic rings. The zero-order chi connectivity index (χ0) is 16.1. The smallest absolute Gasteiger partial charge is 0.126 e. The molecule has 0 spiro atoms. The van der Waals surface area contributed by atoms with Crippen LogP contribution in [0.5, 0.6) is 5.75 Å². The van der Waals surface area contributed by atoms with Crippen molar-refractivity contribution in [3.8, 4) is 5.75 Å². The second kappa shape index (κ2) is 5.54. The van der Waals surface area contributed by atoms with Crippen molar-refractivity contribution in [2.45, 2.75) is 77.7 Å². The van der Waals surface area contributed by atoms with Crippen LogP contribution >= 0.6 is 0 Å². The van der Waals surface area contributed by atoms with Crippen molar-refractivity contribution in [1.82, 2.24) is 4.90 Å². The van der Waals surface area contributed by atoms with E-state index in [4.69, 9.17) is 4.74 Å².